The molecule has 5 nitrogen and oxygen atoms in total. The Morgan fingerprint density at radius 3 is 2.60 bits per heavy atom. The van der Waals surface area contributed by atoms with E-state index in [0.717, 1.165) is 42.0 Å². The summed E-state index contributed by atoms with van der Waals surface area (Å²) in [6.45, 7) is 0. The topological polar surface area (TPSA) is 63.0 Å². The van der Waals surface area contributed by atoms with Gasteiger partial charge in [-0.2, -0.15) is 0 Å². The second-order valence-electron chi connectivity index (χ2n) is 7.47. The number of nitrogens with zero attached hydrogens (tertiary/aromatic N) is 2. The minimum atomic E-state index is -0.342. The average molecular weight is 442 g/mol. The van der Waals surface area contributed by atoms with E-state index in [4.69, 9.17) is 26.3 Å². The molecule has 2 aromatic rings. The molecule has 0 saturated heterocycles. The standard InChI is InChI=1S/C23H24ClN3O2S/c1-29-19-11-10-17(14-18(19)24)25-20(28)15-30-22-21(16-8-4-2-5-9-16)26-23(27-22)12-6-3-7-13-23/h2,4-5,8-11,14H,3,6-7,12-13,15H2,1H3,(H,25,28). The first-order chi connectivity index (χ1) is 14.6. The molecule has 4 rings (SSSR count). The molecule has 1 heterocycles. The highest BCUT2D eigenvalue weighted by atomic mass is 35.5. The molecule has 1 amide bonds. The van der Waals surface area contributed by atoms with E-state index >= 15 is 0 Å². The van der Waals surface area contributed by atoms with Crippen molar-refractivity contribution in [3.05, 3.63) is 59.1 Å². The fourth-order valence-corrected chi connectivity index (χ4v) is 4.96. The van der Waals surface area contributed by atoms with Crippen molar-refractivity contribution in [2.45, 2.75) is 37.8 Å². The van der Waals surface area contributed by atoms with Crippen molar-refractivity contribution in [1.82, 2.24) is 0 Å². The van der Waals surface area contributed by atoms with Crippen molar-refractivity contribution in [3.63, 3.8) is 0 Å². The van der Waals surface area contributed by atoms with Gasteiger partial charge in [0, 0.05) is 11.3 Å². The van der Waals surface area contributed by atoms with Crippen LogP contribution < -0.4 is 10.1 Å². The van der Waals surface area contributed by atoms with Gasteiger partial charge in [0.2, 0.25) is 5.91 Å². The Balaban J connectivity index is 1.46. The Labute approximate surface area is 186 Å². The smallest absolute Gasteiger partial charge is 0.234 e. The summed E-state index contributed by atoms with van der Waals surface area (Å²) in [4.78, 5) is 22.6. The molecule has 0 radical (unpaired) electrons. The van der Waals surface area contributed by atoms with Crippen molar-refractivity contribution in [2.24, 2.45) is 9.98 Å². The Bertz CT molecular complexity index is 985. The van der Waals surface area contributed by atoms with Crippen LogP contribution >= 0.6 is 23.4 Å². The van der Waals surface area contributed by atoms with Crippen LogP contribution in [-0.4, -0.2) is 35.2 Å². The van der Waals surface area contributed by atoms with Gasteiger partial charge in [-0.25, -0.2) is 4.99 Å². The predicted octanol–water partition coefficient (Wildman–Crippen LogP) is 5.58. The maximum absolute atomic E-state index is 12.5. The van der Waals surface area contributed by atoms with E-state index in [0.29, 0.717) is 16.5 Å². The summed E-state index contributed by atoms with van der Waals surface area (Å²) in [6, 6.07) is 15.3. The highest BCUT2D eigenvalue weighted by Gasteiger charge is 2.37. The van der Waals surface area contributed by atoms with E-state index in [1.54, 1.807) is 25.3 Å². The SMILES string of the molecule is COc1ccc(NC(=O)CSC2=NC3(CCCCC3)N=C2c2ccccc2)cc1Cl. The minimum Gasteiger partial charge on any atom is -0.495 e. The first-order valence-corrected chi connectivity index (χ1v) is 11.5. The molecule has 2 aromatic carbocycles. The average Bonchev–Trinajstić information content (AvgIpc) is 3.11. The number of carbonyl (C=O) groups is 1. The van der Waals surface area contributed by atoms with E-state index in [-0.39, 0.29) is 17.3 Å². The lowest BCUT2D eigenvalue weighted by Crippen LogP contribution is -2.25. The van der Waals surface area contributed by atoms with Gasteiger partial charge in [-0.3, -0.25) is 9.79 Å². The van der Waals surface area contributed by atoms with Gasteiger partial charge in [-0.1, -0.05) is 60.1 Å². The number of benzene rings is 2. The van der Waals surface area contributed by atoms with Gasteiger partial charge >= 0.3 is 0 Å². The minimum absolute atomic E-state index is 0.110. The van der Waals surface area contributed by atoms with E-state index in [1.807, 2.05) is 18.2 Å². The summed E-state index contributed by atoms with van der Waals surface area (Å²) in [5, 5.41) is 4.20. The van der Waals surface area contributed by atoms with Crippen molar-refractivity contribution in [3.8, 4) is 5.75 Å². The van der Waals surface area contributed by atoms with Crippen LogP contribution in [0.2, 0.25) is 5.02 Å². The van der Waals surface area contributed by atoms with Gasteiger partial charge in [0.05, 0.1) is 23.6 Å². The number of hydrogen-bond donors (Lipinski definition) is 1. The summed E-state index contributed by atoms with van der Waals surface area (Å²) in [5.41, 5.74) is 2.25. The predicted molar refractivity (Wildman–Crippen MR) is 125 cm³/mol. The number of hydrogen-bond acceptors (Lipinski definition) is 5. The number of rotatable bonds is 5. The maximum atomic E-state index is 12.5. The molecule has 1 aliphatic carbocycles. The van der Waals surface area contributed by atoms with Crippen molar-refractivity contribution < 1.29 is 9.53 Å². The molecule has 1 fully saturated rings. The Morgan fingerprint density at radius 1 is 1.13 bits per heavy atom. The molecule has 30 heavy (non-hydrogen) atoms. The summed E-state index contributed by atoms with van der Waals surface area (Å²) >= 11 is 7.59. The molecule has 0 aromatic heterocycles. The number of methoxy groups -OCH3 is 1. The lowest BCUT2D eigenvalue weighted by molar-refractivity contribution is -0.113. The van der Waals surface area contributed by atoms with Gasteiger partial charge in [-0.15, -0.1) is 0 Å². The molecule has 7 heteroatoms. The molecule has 0 unspecified atom stereocenters. The van der Waals surface area contributed by atoms with Gasteiger partial charge in [0.15, 0.2) is 5.66 Å². The molecular formula is C23H24ClN3O2S. The van der Waals surface area contributed by atoms with E-state index in [1.165, 1.54) is 18.2 Å². The lowest BCUT2D eigenvalue weighted by Gasteiger charge is -2.27. The summed E-state index contributed by atoms with van der Waals surface area (Å²) in [6.07, 6.45) is 5.48. The van der Waals surface area contributed by atoms with E-state index < -0.39 is 0 Å². The van der Waals surface area contributed by atoms with Crippen LogP contribution in [0.25, 0.3) is 0 Å². The van der Waals surface area contributed by atoms with Crippen molar-refractivity contribution in [1.29, 1.82) is 0 Å². The van der Waals surface area contributed by atoms with Gasteiger partial charge < -0.3 is 10.1 Å². The van der Waals surface area contributed by atoms with Crippen LogP contribution in [0.4, 0.5) is 5.69 Å². The van der Waals surface area contributed by atoms with Crippen molar-refractivity contribution >= 4 is 45.7 Å². The molecule has 1 spiro atoms. The Hall–Kier alpha value is -2.31. The van der Waals surface area contributed by atoms with Gasteiger partial charge in [0.25, 0.3) is 0 Å². The number of carbonyl (C=O) groups excluding carboxylic acids is 1. The van der Waals surface area contributed by atoms with Crippen LogP contribution in [0.15, 0.2) is 58.5 Å². The van der Waals surface area contributed by atoms with Gasteiger partial charge in [-0.05, 0) is 43.9 Å². The molecule has 0 bridgehead atoms. The van der Waals surface area contributed by atoms with Crippen LogP contribution in [0.5, 0.6) is 5.75 Å². The quantitative estimate of drug-likeness (QED) is 0.658. The molecule has 2 aliphatic rings. The van der Waals surface area contributed by atoms with Crippen molar-refractivity contribution in [2.75, 3.05) is 18.2 Å². The van der Waals surface area contributed by atoms with Crippen LogP contribution in [0.3, 0.4) is 0 Å². The molecule has 1 saturated carbocycles. The summed E-state index contributed by atoms with van der Waals surface area (Å²) < 4.78 is 5.15. The largest absolute Gasteiger partial charge is 0.495 e. The zero-order valence-electron chi connectivity index (χ0n) is 16.9. The molecule has 1 N–H and O–H groups in total. The second-order valence-corrected chi connectivity index (χ2v) is 8.84. The number of aliphatic imine (C=N–C) groups is 2. The Kier molecular flexibility index (Phi) is 6.44. The van der Waals surface area contributed by atoms with E-state index in [2.05, 4.69) is 17.4 Å². The van der Waals surface area contributed by atoms with Crippen LogP contribution in [0.1, 0.15) is 37.7 Å². The first-order valence-electron chi connectivity index (χ1n) is 10.1. The van der Waals surface area contributed by atoms with Crippen LogP contribution in [-0.2, 0) is 4.79 Å². The third kappa shape index (κ3) is 4.71. The number of ether oxygens (including phenoxy) is 1. The number of anilines is 1. The molecule has 1 aliphatic heterocycles. The maximum Gasteiger partial charge on any atom is 0.234 e. The van der Waals surface area contributed by atoms with Crippen LogP contribution in [0, 0.1) is 0 Å². The summed E-state index contributed by atoms with van der Waals surface area (Å²) in [7, 11) is 1.56. The third-order valence-corrected chi connectivity index (χ3v) is 6.57. The highest BCUT2D eigenvalue weighted by molar-refractivity contribution is 8.16. The molecule has 156 valence electrons. The van der Waals surface area contributed by atoms with E-state index in [9.17, 15) is 4.79 Å². The Morgan fingerprint density at radius 2 is 1.90 bits per heavy atom. The molecule has 0 atom stereocenters. The lowest BCUT2D eigenvalue weighted by atomic mass is 9.90. The monoisotopic (exact) mass is 441 g/mol. The fourth-order valence-electron chi connectivity index (χ4n) is 3.82. The zero-order chi connectivity index (χ0) is 21.0. The number of halogens is 1. The fraction of sp³-hybridized carbons (Fsp3) is 0.348. The number of thioether (sulfide) groups is 1. The van der Waals surface area contributed by atoms with Gasteiger partial charge in [0.1, 0.15) is 10.8 Å². The summed E-state index contributed by atoms with van der Waals surface area (Å²) in [5.74, 6) is 0.719. The zero-order valence-corrected chi connectivity index (χ0v) is 18.4. The molecular weight excluding hydrogens is 418 g/mol. The first kappa shape index (κ1) is 20.9. The highest BCUT2D eigenvalue weighted by Crippen LogP contribution is 2.38. The number of amides is 1. The normalized spacial score (nSPS) is 17.4. The third-order valence-electron chi connectivity index (χ3n) is 5.31. The number of nitrogens with one attached hydrogen (secondary N) is 1. The second kappa shape index (κ2) is 9.23.